The SMILES string of the molecule is CCc1nnc(NCC(C)C(=O)O)c(C#N)c1CC. The highest BCUT2D eigenvalue weighted by atomic mass is 16.4. The van der Waals surface area contributed by atoms with Gasteiger partial charge in [-0.2, -0.15) is 10.4 Å². The maximum absolute atomic E-state index is 10.8. The largest absolute Gasteiger partial charge is 0.481 e. The molecule has 0 fully saturated rings. The second-order valence-electron chi connectivity index (χ2n) is 4.29. The molecule has 0 saturated heterocycles. The molecule has 1 rings (SSSR count). The first-order valence-electron chi connectivity index (χ1n) is 6.30. The van der Waals surface area contributed by atoms with Gasteiger partial charge in [-0.15, -0.1) is 5.10 Å². The predicted octanol–water partition coefficient (Wildman–Crippen LogP) is 1.61. The molecule has 0 aliphatic carbocycles. The number of hydrogen-bond acceptors (Lipinski definition) is 5. The molecule has 0 spiro atoms. The van der Waals surface area contributed by atoms with Crippen LogP contribution in [0.15, 0.2) is 0 Å². The Bertz CT molecular complexity index is 508. The Labute approximate surface area is 112 Å². The van der Waals surface area contributed by atoms with Gasteiger partial charge in [0.15, 0.2) is 5.82 Å². The third-order valence-electron chi connectivity index (χ3n) is 2.96. The molecule has 19 heavy (non-hydrogen) atoms. The molecule has 1 aromatic rings. The third kappa shape index (κ3) is 3.41. The van der Waals surface area contributed by atoms with E-state index in [0.29, 0.717) is 17.8 Å². The van der Waals surface area contributed by atoms with Crippen LogP contribution in [0.1, 0.15) is 37.6 Å². The summed E-state index contributed by atoms with van der Waals surface area (Å²) in [6.45, 7) is 5.73. The number of aromatic nitrogens is 2. The molecule has 6 heteroatoms. The molecule has 0 radical (unpaired) electrons. The number of aryl methyl sites for hydroxylation is 1. The molecule has 0 amide bonds. The lowest BCUT2D eigenvalue weighted by atomic mass is 10.0. The smallest absolute Gasteiger partial charge is 0.308 e. The second kappa shape index (κ2) is 6.69. The Hall–Kier alpha value is -2.16. The van der Waals surface area contributed by atoms with Crippen LogP contribution in [0, 0.1) is 17.2 Å². The van der Waals surface area contributed by atoms with Crippen molar-refractivity contribution in [1.29, 1.82) is 5.26 Å². The highest BCUT2D eigenvalue weighted by Gasteiger charge is 2.16. The van der Waals surface area contributed by atoms with Crippen LogP contribution in [0.4, 0.5) is 5.82 Å². The summed E-state index contributed by atoms with van der Waals surface area (Å²) in [7, 11) is 0. The van der Waals surface area contributed by atoms with Crippen molar-refractivity contribution in [2.24, 2.45) is 5.92 Å². The van der Waals surface area contributed by atoms with E-state index in [1.54, 1.807) is 6.92 Å². The average Bonchev–Trinajstić information content (AvgIpc) is 2.42. The number of carboxylic acid groups (broad SMARTS) is 1. The molecule has 1 unspecified atom stereocenters. The molecule has 0 aliphatic heterocycles. The highest BCUT2D eigenvalue weighted by Crippen LogP contribution is 2.20. The second-order valence-corrected chi connectivity index (χ2v) is 4.29. The van der Waals surface area contributed by atoms with E-state index >= 15 is 0 Å². The topological polar surface area (TPSA) is 98.9 Å². The molecule has 0 saturated carbocycles. The Morgan fingerprint density at radius 3 is 2.58 bits per heavy atom. The lowest BCUT2D eigenvalue weighted by Crippen LogP contribution is -2.21. The molecular formula is C13H18N4O2. The fourth-order valence-electron chi connectivity index (χ4n) is 1.75. The molecule has 0 bridgehead atoms. The first kappa shape index (κ1) is 14.9. The number of carbonyl (C=O) groups is 1. The van der Waals surface area contributed by atoms with Gasteiger partial charge in [-0.3, -0.25) is 4.79 Å². The van der Waals surface area contributed by atoms with Crippen molar-refractivity contribution in [2.45, 2.75) is 33.6 Å². The van der Waals surface area contributed by atoms with Crippen LogP contribution in [0.5, 0.6) is 0 Å². The summed E-state index contributed by atoms with van der Waals surface area (Å²) in [6.07, 6.45) is 1.42. The van der Waals surface area contributed by atoms with E-state index in [0.717, 1.165) is 17.7 Å². The normalized spacial score (nSPS) is 11.7. The van der Waals surface area contributed by atoms with E-state index < -0.39 is 11.9 Å². The first-order valence-corrected chi connectivity index (χ1v) is 6.30. The highest BCUT2D eigenvalue weighted by molar-refractivity contribution is 5.70. The van der Waals surface area contributed by atoms with Crippen molar-refractivity contribution in [3.05, 3.63) is 16.8 Å². The third-order valence-corrected chi connectivity index (χ3v) is 2.96. The van der Waals surface area contributed by atoms with Crippen LogP contribution in [0.3, 0.4) is 0 Å². The van der Waals surface area contributed by atoms with E-state index in [-0.39, 0.29) is 6.54 Å². The Morgan fingerprint density at radius 2 is 2.11 bits per heavy atom. The number of nitrogens with one attached hydrogen (secondary N) is 1. The minimum absolute atomic E-state index is 0.216. The minimum Gasteiger partial charge on any atom is -0.481 e. The summed E-state index contributed by atoms with van der Waals surface area (Å²) in [5, 5.41) is 29.0. The molecule has 1 atom stereocenters. The Morgan fingerprint density at radius 1 is 1.42 bits per heavy atom. The number of nitrogens with zero attached hydrogens (tertiary/aromatic N) is 3. The first-order chi connectivity index (χ1) is 9.04. The molecule has 2 N–H and O–H groups in total. The molecular weight excluding hydrogens is 244 g/mol. The van der Waals surface area contributed by atoms with Crippen molar-refractivity contribution < 1.29 is 9.90 Å². The van der Waals surface area contributed by atoms with Crippen molar-refractivity contribution >= 4 is 11.8 Å². The fraction of sp³-hybridized carbons (Fsp3) is 0.538. The number of nitriles is 1. The summed E-state index contributed by atoms with van der Waals surface area (Å²) in [5.74, 6) is -1.08. The molecule has 0 aliphatic rings. The molecule has 102 valence electrons. The Kier molecular flexibility index (Phi) is 5.24. The van der Waals surface area contributed by atoms with Crippen LogP contribution in [0.2, 0.25) is 0 Å². The van der Waals surface area contributed by atoms with Crippen LogP contribution >= 0.6 is 0 Å². The van der Waals surface area contributed by atoms with Gasteiger partial charge in [-0.1, -0.05) is 20.8 Å². The van der Waals surface area contributed by atoms with Gasteiger partial charge >= 0.3 is 5.97 Å². The zero-order chi connectivity index (χ0) is 14.4. The van der Waals surface area contributed by atoms with Gasteiger partial charge in [-0.05, 0) is 18.4 Å². The minimum atomic E-state index is -0.889. The van der Waals surface area contributed by atoms with Gasteiger partial charge in [0.1, 0.15) is 11.6 Å². The predicted molar refractivity (Wildman–Crippen MR) is 70.8 cm³/mol. The van der Waals surface area contributed by atoms with Crippen LogP contribution in [-0.2, 0) is 17.6 Å². The van der Waals surface area contributed by atoms with Gasteiger partial charge in [0.2, 0.25) is 0 Å². The van der Waals surface area contributed by atoms with Crippen molar-refractivity contribution in [2.75, 3.05) is 11.9 Å². The van der Waals surface area contributed by atoms with Gasteiger partial charge < -0.3 is 10.4 Å². The van der Waals surface area contributed by atoms with E-state index in [9.17, 15) is 10.1 Å². The van der Waals surface area contributed by atoms with Crippen LogP contribution in [-0.4, -0.2) is 27.8 Å². The zero-order valence-corrected chi connectivity index (χ0v) is 11.4. The summed E-state index contributed by atoms with van der Waals surface area (Å²) in [5.41, 5.74) is 2.16. The fourth-order valence-corrected chi connectivity index (χ4v) is 1.75. The van der Waals surface area contributed by atoms with Crippen molar-refractivity contribution in [3.63, 3.8) is 0 Å². The lowest BCUT2D eigenvalue weighted by molar-refractivity contribution is -0.140. The van der Waals surface area contributed by atoms with Gasteiger partial charge in [0, 0.05) is 6.54 Å². The molecule has 6 nitrogen and oxygen atoms in total. The number of anilines is 1. The van der Waals surface area contributed by atoms with Gasteiger partial charge in [0.05, 0.1) is 11.6 Å². The van der Waals surface area contributed by atoms with Crippen LogP contribution < -0.4 is 5.32 Å². The van der Waals surface area contributed by atoms with E-state index in [4.69, 9.17) is 5.11 Å². The monoisotopic (exact) mass is 262 g/mol. The van der Waals surface area contributed by atoms with E-state index in [1.807, 2.05) is 13.8 Å². The molecule has 1 heterocycles. The van der Waals surface area contributed by atoms with Crippen molar-refractivity contribution in [1.82, 2.24) is 10.2 Å². The van der Waals surface area contributed by atoms with E-state index in [2.05, 4.69) is 21.6 Å². The standard InChI is InChI=1S/C13H18N4O2/c1-4-9-10(6-14)12(17-16-11(9)5-2)15-7-8(3)13(18)19/h8H,4-5,7H2,1-3H3,(H,15,17)(H,18,19). The summed E-state index contributed by atoms with van der Waals surface area (Å²) in [4.78, 5) is 10.8. The van der Waals surface area contributed by atoms with E-state index in [1.165, 1.54) is 0 Å². The number of hydrogen-bond donors (Lipinski definition) is 2. The molecule has 0 aromatic carbocycles. The van der Waals surface area contributed by atoms with Gasteiger partial charge in [-0.25, -0.2) is 0 Å². The maximum atomic E-state index is 10.8. The summed E-state index contributed by atoms with van der Waals surface area (Å²) < 4.78 is 0. The number of aliphatic carboxylic acids is 1. The quantitative estimate of drug-likeness (QED) is 0.808. The maximum Gasteiger partial charge on any atom is 0.308 e. The number of carboxylic acids is 1. The van der Waals surface area contributed by atoms with Crippen molar-refractivity contribution in [3.8, 4) is 6.07 Å². The summed E-state index contributed by atoms with van der Waals surface area (Å²) >= 11 is 0. The van der Waals surface area contributed by atoms with Crippen LogP contribution in [0.25, 0.3) is 0 Å². The average molecular weight is 262 g/mol. The number of rotatable bonds is 6. The summed E-state index contributed by atoms with van der Waals surface area (Å²) in [6, 6.07) is 2.13. The van der Waals surface area contributed by atoms with Gasteiger partial charge in [0.25, 0.3) is 0 Å². The zero-order valence-electron chi connectivity index (χ0n) is 11.4. The molecule has 1 aromatic heterocycles. The lowest BCUT2D eigenvalue weighted by Gasteiger charge is -2.13. The Balaban J connectivity index is 3.02.